The zero-order valence-corrected chi connectivity index (χ0v) is 19.7. The van der Waals surface area contributed by atoms with E-state index in [9.17, 15) is 13.2 Å². The first-order chi connectivity index (χ1) is 15.3. The van der Waals surface area contributed by atoms with Crippen molar-refractivity contribution in [1.82, 2.24) is 14.5 Å². The Kier molecular flexibility index (Phi) is 8.11. The summed E-state index contributed by atoms with van der Waals surface area (Å²) < 4.78 is 35.4. The van der Waals surface area contributed by atoms with Gasteiger partial charge in [-0.1, -0.05) is 18.2 Å². The maximum absolute atomic E-state index is 12.6. The van der Waals surface area contributed by atoms with E-state index in [2.05, 4.69) is 10.2 Å². The van der Waals surface area contributed by atoms with Gasteiger partial charge in [0.1, 0.15) is 0 Å². The van der Waals surface area contributed by atoms with Crippen LogP contribution in [0.3, 0.4) is 0 Å². The Morgan fingerprint density at radius 1 is 0.969 bits per heavy atom. The Bertz CT molecular complexity index is 1030. The van der Waals surface area contributed by atoms with Crippen molar-refractivity contribution in [3.05, 3.63) is 59.2 Å². The molecule has 174 valence electrons. The minimum Gasteiger partial charge on any atom is -0.493 e. The molecule has 1 aliphatic rings. The van der Waals surface area contributed by atoms with Crippen molar-refractivity contribution >= 4 is 15.9 Å². The van der Waals surface area contributed by atoms with Crippen molar-refractivity contribution in [2.75, 3.05) is 53.2 Å². The molecule has 0 saturated carbocycles. The molecule has 2 aromatic carbocycles. The van der Waals surface area contributed by atoms with E-state index < -0.39 is 10.0 Å². The molecule has 32 heavy (non-hydrogen) atoms. The van der Waals surface area contributed by atoms with Crippen molar-refractivity contribution < 1.29 is 22.7 Å². The zero-order valence-electron chi connectivity index (χ0n) is 18.8. The fourth-order valence-corrected chi connectivity index (χ4v) is 4.57. The van der Waals surface area contributed by atoms with Crippen molar-refractivity contribution in [2.45, 2.75) is 13.0 Å². The fraction of sp³-hybridized carbons (Fsp3) is 0.435. The number of nitrogens with zero attached hydrogens (tertiary/aromatic N) is 2. The van der Waals surface area contributed by atoms with Crippen LogP contribution in [0.25, 0.3) is 0 Å². The van der Waals surface area contributed by atoms with Crippen LogP contribution in [0.2, 0.25) is 0 Å². The van der Waals surface area contributed by atoms with Crippen LogP contribution in [0.1, 0.15) is 21.5 Å². The van der Waals surface area contributed by atoms with Crippen molar-refractivity contribution in [3.63, 3.8) is 0 Å². The lowest BCUT2D eigenvalue weighted by atomic mass is 10.1. The summed E-state index contributed by atoms with van der Waals surface area (Å²) in [5, 5.41) is 2.97. The highest BCUT2D eigenvalue weighted by Crippen LogP contribution is 2.27. The Morgan fingerprint density at radius 3 is 2.34 bits per heavy atom. The quantitative estimate of drug-likeness (QED) is 0.612. The number of rotatable bonds is 9. The molecule has 0 aromatic heterocycles. The number of carbonyl (C=O) groups is 1. The average molecular weight is 462 g/mol. The van der Waals surface area contributed by atoms with Gasteiger partial charge in [0, 0.05) is 44.8 Å². The summed E-state index contributed by atoms with van der Waals surface area (Å²) in [5.41, 5.74) is 2.69. The summed E-state index contributed by atoms with van der Waals surface area (Å²) >= 11 is 0. The minimum absolute atomic E-state index is 0.116. The highest BCUT2D eigenvalue weighted by atomic mass is 32.2. The third-order valence-electron chi connectivity index (χ3n) is 5.54. The van der Waals surface area contributed by atoms with E-state index in [0.29, 0.717) is 62.8 Å². The van der Waals surface area contributed by atoms with Crippen molar-refractivity contribution in [3.8, 4) is 11.5 Å². The van der Waals surface area contributed by atoms with Crippen LogP contribution in [0.4, 0.5) is 0 Å². The number of benzene rings is 2. The number of methoxy groups -OCH3 is 2. The van der Waals surface area contributed by atoms with Gasteiger partial charge < -0.3 is 14.8 Å². The molecule has 8 nitrogen and oxygen atoms in total. The largest absolute Gasteiger partial charge is 0.493 e. The molecule has 0 unspecified atom stereocenters. The van der Waals surface area contributed by atoms with Gasteiger partial charge in [-0.15, -0.1) is 0 Å². The van der Waals surface area contributed by atoms with Crippen LogP contribution in [-0.2, 0) is 23.0 Å². The number of ether oxygens (including phenoxy) is 2. The topological polar surface area (TPSA) is 88.2 Å². The van der Waals surface area contributed by atoms with Crippen LogP contribution >= 0.6 is 0 Å². The minimum atomic E-state index is -3.14. The maximum atomic E-state index is 12.6. The molecule has 0 radical (unpaired) electrons. The van der Waals surface area contributed by atoms with Crippen LogP contribution in [0, 0.1) is 0 Å². The van der Waals surface area contributed by atoms with Gasteiger partial charge in [0.2, 0.25) is 10.0 Å². The normalized spacial score (nSPS) is 15.3. The SMILES string of the molecule is COc1ccc(CCNC(=O)c2cccc(CN3CCN(S(C)(=O)=O)CC3)c2)cc1OC. The number of hydrogen-bond acceptors (Lipinski definition) is 6. The first-order valence-electron chi connectivity index (χ1n) is 10.6. The lowest BCUT2D eigenvalue weighted by Gasteiger charge is -2.33. The van der Waals surface area contributed by atoms with Gasteiger partial charge >= 0.3 is 0 Å². The average Bonchev–Trinajstić information content (AvgIpc) is 2.78. The first-order valence-corrected chi connectivity index (χ1v) is 12.4. The second kappa shape index (κ2) is 10.8. The molecular weight excluding hydrogens is 430 g/mol. The number of piperazine rings is 1. The van der Waals surface area contributed by atoms with Gasteiger partial charge in [-0.2, -0.15) is 4.31 Å². The number of nitrogens with one attached hydrogen (secondary N) is 1. The highest BCUT2D eigenvalue weighted by Gasteiger charge is 2.23. The van der Waals surface area contributed by atoms with Crippen LogP contribution < -0.4 is 14.8 Å². The van der Waals surface area contributed by atoms with E-state index in [1.54, 1.807) is 20.3 Å². The third kappa shape index (κ3) is 6.44. The predicted octanol–water partition coefficient (Wildman–Crippen LogP) is 1.75. The van der Waals surface area contributed by atoms with E-state index in [4.69, 9.17) is 9.47 Å². The number of sulfonamides is 1. The monoisotopic (exact) mass is 461 g/mol. The van der Waals surface area contributed by atoms with E-state index in [-0.39, 0.29) is 5.91 Å². The van der Waals surface area contributed by atoms with Gasteiger partial charge in [-0.3, -0.25) is 9.69 Å². The summed E-state index contributed by atoms with van der Waals surface area (Å²) in [6.07, 6.45) is 1.92. The molecule has 0 atom stereocenters. The molecule has 0 bridgehead atoms. The molecule has 0 spiro atoms. The lowest BCUT2D eigenvalue weighted by molar-refractivity contribution is 0.0954. The molecular formula is C23H31N3O5S. The Labute approximate surface area is 190 Å². The molecule has 1 saturated heterocycles. The first kappa shape index (κ1) is 24.0. The lowest BCUT2D eigenvalue weighted by Crippen LogP contribution is -2.47. The van der Waals surface area contributed by atoms with Gasteiger partial charge in [-0.05, 0) is 41.8 Å². The van der Waals surface area contributed by atoms with Gasteiger partial charge in [0.05, 0.1) is 20.5 Å². The second-order valence-electron chi connectivity index (χ2n) is 7.83. The molecule has 2 aromatic rings. The number of carbonyl (C=O) groups excluding carboxylic acids is 1. The number of hydrogen-bond donors (Lipinski definition) is 1. The smallest absolute Gasteiger partial charge is 0.251 e. The third-order valence-corrected chi connectivity index (χ3v) is 6.85. The van der Waals surface area contributed by atoms with Gasteiger partial charge in [-0.25, -0.2) is 8.42 Å². The van der Waals surface area contributed by atoms with E-state index in [1.165, 1.54) is 10.6 Å². The van der Waals surface area contributed by atoms with Crippen LogP contribution in [0.15, 0.2) is 42.5 Å². The molecule has 3 rings (SSSR count). The highest BCUT2D eigenvalue weighted by molar-refractivity contribution is 7.88. The van der Waals surface area contributed by atoms with Gasteiger partial charge in [0.25, 0.3) is 5.91 Å². The fourth-order valence-electron chi connectivity index (χ4n) is 3.75. The molecule has 0 aliphatic carbocycles. The summed E-state index contributed by atoms with van der Waals surface area (Å²) in [4.78, 5) is 14.8. The van der Waals surface area contributed by atoms with Gasteiger partial charge in [0.15, 0.2) is 11.5 Å². The Balaban J connectivity index is 1.51. The molecule has 9 heteroatoms. The maximum Gasteiger partial charge on any atom is 0.251 e. The molecule has 1 fully saturated rings. The summed E-state index contributed by atoms with van der Waals surface area (Å²) in [6.45, 7) is 3.53. The van der Waals surface area contributed by atoms with Crippen molar-refractivity contribution in [2.24, 2.45) is 0 Å². The second-order valence-corrected chi connectivity index (χ2v) is 9.82. The molecule has 1 N–H and O–H groups in total. The van der Waals surface area contributed by atoms with E-state index >= 15 is 0 Å². The Hall–Kier alpha value is -2.62. The van der Waals surface area contributed by atoms with E-state index in [0.717, 1.165) is 11.1 Å². The summed E-state index contributed by atoms with van der Waals surface area (Å²) in [5.74, 6) is 1.23. The number of amides is 1. The summed E-state index contributed by atoms with van der Waals surface area (Å²) in [6, 6.07) is 13.3. The zero-order chi connectivity index (χ0) is 23.1. The van der Waals surface area contributed by atoms with E-state index in [1.807, 2.05) is 36.4 Å². The summed E-state index contributed by atoms with van der Waals surface area (Å²) in [7, 11) is 0.0616. The van der Waals surface area contributed by atoms with Crippen molar-refractivity contribution in [1.29, 1.82) is 0 Å². The van der Waals surface area contributed by atoms with Crippen LogP contribution in [-0.4, -0.2) is 76.7 Å². The van der Waals surface area contributed by atoms with Crippen LogP contribution in [0.5, 0.6) is 11.5 Å². The molecule has 1 heterocycles. The molecule has 1 aliphatic heterocycles. The standard InChI is InChI=1S/C23H31N3O5S/c1-30-21-8-7-18(16-22(21)31-2)9-10-24-23(27)20-6-4-5-19(15-20)17-25-11-13-26(14-12-25)32(3,28)29/h4-8,15-16H,9-14,17H2,1-3H3,(H,24,27). The molecule has 1 amide bonds. The predicted molar refractivity (Wildman–Crippen MR) is 124 cm³/mol. The Morgan fingerprint density at radius 2 is 1.69 bits per heavy atom.